The minimum Gasteiger partial charge on any atom is -0.394 e. The Morgan fingerprint density at radius 3 is 2.95 bits per heavy atom. The maximum absolute atomic E-state index is 10.8. The number of aldehydes is 1. The van der Waals surface area contributed by atoms with E-state index in [4.69, 9.17) is 4.74 Å². The number of ether oxygens (including phenoxy) is 1. The van der Waals surface area contributed by atoms with Gasteiger partial charge in [-0.3, -0.25) is 4.79 Å². The summed E-state index contributed by atoms with van der Waals surface area (Å²) in [4.78, 5) is 12.8. The van der Waals surface area contributed by atoms with Gasteiger partial charge in [0, 0.05) is 18.7 Å². The second-order valence-corrected chi connectivity index (χ2v) is 5.57. The number of nitriles is 1. The monoisotopic (exact) mass is 274 g/mol. The highest BCUT2D eigenvalue weighted by atomic mass is 16.5. The van der Waals surface area contributed by atoms with Gasteiger partial charge in [0.2, 0.25) is 0 Å². The molecule has 1 fully saturated rings. The zero-order chi connectivity index (χ0) is 14.8. The number of carbonyl (C=O) groups is 1. The molecule has 1 aliphatic heterocycles. The highest BCUT2D eigenvalue weighted by Gasteiger charge is 2.33. The molecule has 1 atom stereocenters. The first kappa shape index (κ1) is 14.5. The molecular weight excluding hydrogens is 256 g/mol. The summed E-state index contributed by atoms with van der Waals surface area (Å²) >= 11 is 0. The molecule has 2 rings (SSSR count). The summed E-state index contributed by atoms with van der Waals surface area (Å²) in [5.74, 6) is 0. The van der Waals surface area contributed by atoms with Gasteiger partial charge in [-0.25, -0.2) is 0 Å². The van der Waals surface area contributed by atoms with E-state index in [1.165, 1.54) is 0 Å². The van der Waals surface area contributed by atoms with Gasteiger partial charge in [-0.1, -0.05) is 0 Å². The molecule has 106 valence electrons. The van der Waals surface area contributed by atoms with Crippen LogP contribution in [0.4, 0.5) is 5.69 Å². The fourth-order valence-corrected chi connectivity index (χ4v) is 2.57. The van der Waals surface area contributed by atoms with Crippen LogP contribution in [-0.2, 0) is 4.74 Å². The lowest BCUT2D eigenvalue weighted by Gasteiger charge is -2.43. The number of benzene rings is 1. The van der Waals surface area contributed by atoms with E-state index in [-0.39, 0.29) is 12.7 Å². The molecule has 0 amide bonds. The minimum atomic E-state index is -0.401. The molecule has 1 aliphatic rings. The van der Waals surface area contributed by atoms with Crippen molar-refractivity contribution in [3.63, 3.8) is 0 Å². The molecule has 0 spiro atoms. The molecule has 1 N–H and O–H groups in total. The lowest BCUT2D eigenvalue weighted by Crippen LogP contribution is -2.54. The Morgan fingerprint density at radius 2 is 2.35 bits per heavy atom. The van der Waals surface area contributed by atoms with Crippen LogP contribution in [0.1, 0.15) is 29.8 Å². The van der Waals surface area contributed by atoms with Crippen LogP contribution in [-0.4, -0.2) is 42.8 Å². The molecule has 0 saturated carbocycles. The van der Waals surface area contributed by atoms with Gasteiger partial charge in [0.25, 0.3) is 0 Å². The quantitative estimate of drug-likeness (QED) is 0.842. The lowest BCUT2D eigenvalue weighted by atomic mass is 10.0. The van der Waals surface area contributed by atoms with Crippen LogP contribution in [0.25, 0.3) is 0 Å². The molecule has 0 radical (unpaired) electrons. The van der Waals surface area contributed by atoms with Gasteiger partial charge in [0.05, 0.1) is 29.6 Å². The van der Waals surface area contributed by atoms with Gasteiger partial charge in [-0.05, 0) is 32.0 Å². The molecule has 0 aromatic heterocycles. The Bertz CT molecular complexity index is 549. The molecule has 1 aromatic rings. The van der Waals surface area contributed by atoms with E-state index in [2.05, 4.69) is 6.07 Å². The second-order valence-electron chi connectivity index (χ2n) is 5.57. The average Bonchev–Trinajstić information content (AvgIpc) is 2.44. The third-order valence-corrected chi connectivity index (χ3v) is 3.30. The zero-order valence-electron chi connectivity index (χ0n) is 11.7. The van der Waals surface area contributed by atoms with E-state index in [1.807, 2.05) is 18.7 Å². The number of hydrogen-bond donors (Lipinski definition) is 1. The SMILES string of the molecule is CC1(C)CN(c2ccc(C=O)cc2C#N)CC(CO)O1. The first-order chi connectivity index (χ1) is 9.49. The smallest absolute Gasteiger partial charge is 0.150 e. The largest absolute Gasteiger partial charge is 0.394 e. The summed E-state index contributed by atoms with van der Waals surface area (Å²) < 4.78 is 5.76. The fraction of sp³-hybridized carbons (Fsp3) is 0.467. The van der Waals surface area contributed by atoms with Crippen molar-refractivity contribution in [2.24, 2.45) is 0 Å². The van der Waals surface area contributed by atoms with Gasteiger partial charge in [-0.2, -0.15) is 5.26 Å². The Balaban J connectivity index is 2.35. The maximum atomic E-state index is 10.8. The molecule has 1 saturated heterocycles. The predicted molar refractivity (Wildman–Crippen MR) is 74.8 cm³/mol. The van der Waals surface area contributed by atoms with Crippen molar-refractivity contribution in [1.82, 2.24) is 0 Å². The molecule has 0 bridgehead atoms. The normalized spacial score (nSPS) is 21.3. The van der Waals surface area contributed by atoms with Gasteiger partial charge in [0.1, 0.15) is 12.4 Å². The maximum Gasteiger partial charge on any atom is 0.150 e. The van der Waals surface area contributed by atoms with Crippen LogP contribution in [0.3, 0.4) is 0 Å². The Kier molecular flexibility index (Phi) is 4.07. The first-order valence-electron chi connectivity index (χ1n) is 6.52. The van der Waals surface area contributed by atoms with Crippen LogP contribution in [0.15, 0.2) is 18.2 Å². The highest BCUT2D eigenvalue weighted by molar-refractivity contribution is 5.78. The number of rotatable bonds is 3. The Morgan fingerprint density at radius 1 is 1.60 bits per heavy atom. The van der Waals surface area contributed by atoms with Gasteiger partial charge < -0.3 is 14.7 Å². The van der Waals surface area contributed by atoms with Crippen LogP contribution in [0, 0.1) is 11.3 Å². The van der Waals surface area contributed by atoms with Gasteiger partial charge in [0.15, 0.2) is 0 Å². The Hall–Kier alpha value is -1.90. The van der Waals surface area contributed by atoms with E-state index in [9.17, 15) is 15.2 Å². The fourth-order valence-electron chi connectivity index (χ4n) is 2.57. The lowest BCUT2D eigenvalue weighted by molar-refractivity contribution is -0.101. The summed E-state index contributed by atoms with van der Waals surface area (Å²) in [7, 11) is 0. The van der Waals surface area contributed by atoms with Crippen molar-refractivity contribution in [1.29, 1.82) is 5.26 Å². The summed E-state index contributed by atoms with van der Waals surface area (Å²) in [5, 5.41) is 18.6. The molecule has 5 nitrogen and oxygen atoms in total. The van der Waals surface area contributed by atoms with Crippen LogP contribution >= 0.6 is 0 Å². The minimum absolute atomic E-state index is 0.0613. The van der Waals surface area contributed by atoms with Gasteiger partial charge >= 0.3 is 0 Å². The molecule has 1 aromatic carbocycles. The number of hydrogen-bond acceptors (Lipinski definition) is 5. The average molecular weight is 274 g/mol. The van der Waals surface area contributed by atoms with E-state index in [0.29, 0.717) is 24.2 Å². The number of aliphatic hydroxyl groups is 1. The van der Waals surface area contributed by atoms with E-state index in [1.54, 1.807) is 18.2 Å². The van der Waals surface area contributed by atoms with Gasteiger partial charge in [-0.15, -0.1) is 0 Å². The van der Waals surface area contributed by atoms with Crippen molar-refractivity contribution in [2.45, 2.75) is 25.6 Å². The number of nitrogens with zero attached hydrogens (tertiary/aromatic N) is 2. The zero-order valence-corrected chi connectivity index (χ0v) is 11.7. The van der Waals surface area contributed by atoms with Crippen molar-refractivity contribution >= 4 is 12.0 Å². The molecule has 20 heavy (non-hydrogen) atoms. The summed E-state index contributed by atoms with van der Waals surface area (Å²) in [5.41, 5.74) is 1.32. The van der Waals surface area contributed by atoms with Crippen molar-refractivity contribution < 1.29 is 14.6 Å². The second kappa shape index (κ2) is 5.61. The third-order valence-electron chi connectivity index (χ3n) is 3.30. The Labute approximate surface area is 118 Å². The standard InChI is InChI=1S/C15H18N2O3/c1-15(2)10-17(7-13(9-19)20-15)14-4-3-11(8-18)5-12(14)6-16/h3-5,8,13,19H,7,9-10H2,1-2H3. The number of aliphatic hydroxyl groups excluding tert-OH is 1. The van der Waals surface area contributed by atoms with Crippen LogP contribution < -0.4 is 4.90 Å². The van der Waals surface area contributed by atoms with E-state index >= 15 is 0 Å². The summed E-state index contributed by atoms with van der Waals surface area (Å²) in [6, 6.07) is 7.18. The number of carbonyl (C=O) groups excluding carboxylic acids is 1. The molecule has 5 heteroatoms. The summed E-state index contributed by atoms with van der Waals surface area (Å²) in [6.45, 7) is 4.99. The number of anilines is 1. The van der Waals surface area contributed by atoms with E-state index < -0.39 is 5.60 Å². The van der Waals surface area contributed by atoms with Crippen molar-refractivity contribution in [3.05, 3.63) is 29.3 Å². The molecule has 1 unspecified atom stereocenters. The van der Waals surface area contributed by atoms with Crippen LogP contribution in [0.5, 0.6) is 0 Å². The highest BCUT2D eigenvalue weighted by Crippen LogP contribution is 2.28. The van der Waals surface area contributed by atoms with Crippen molar-refractivity contribution in [2.75, 3.05) is 24.6 Å². The molecule has 0 aliphatic carbocycles. The summed E-state index contributed by atoms with van der Waals surface area (Å²) in [6.07, 6.45) is 0.445. The van der Waals surface area contributed by atoms with E-state index in [0.717, 1.165) is 12.0 Å². The van der Waals surface area contributed by atoms with Crippen LogP contribution in [0.2, 0.25) is 0 Å². The molecular formula is C15H18N2O3. The predicted octanol–water partition coefficient (Wildman–Crippen LogP) is 1.35. The molecule has 1 heterocycles. The number of morpholine rings is 1. The third kappa shape index (κ3) is 2.98. The van der Waals surface area contributed by atoms with Crippen molar-refractivity contribution in [3.8, 4) is 6.07 Å². The first-order valence-corrected chi connectivity index (χ1v) is 6.52. The topological polar surface area (TPSA) is 73.6 Å².